The predicted molar refractivity (Wildman–Crippen MR) is 389 cm³/mol. The largest absolute Gasteiger partial charge is 0.469 e. The third-order valence-electron chi connectivity index (χ3n) is 12.0. The lowest BCUT2D eigenvalue weighted by atomic mass is 9.87. The van der Waals surface area contributed by atoms with Gasteiger partial charge in [0.1, 0.15) is 23.3 Å². The lowest BCUT2D eigenvalue weighted by Crippen LogP contribution is -2.23. The van der Waals surface area contributed by atoms with Crippen LogP contribution in [0.2, 0.25) is 0 Å². The molecule has 6 aromatic rings. The summed E-state index contributed by atoms with van der Waals surface area (Å²) in [5.41, 5.74) is 11.9. The van der Waals surface area contributed by atoms with Gasteiger partial charge in [0, 0.05) is 48.8 Å². The molecule has 31 heteroatoms. The summed E-state index contributed by atoms with van der Waals surface area (Å²) >= 11 is 1.94. The number of aliphatic hydroxyl groups is 1. The zero-order chi connectivity index (χ0) is 74.7. The third-order valence-corrected chi connectivity index (χ3v) is 15.0. The Bertz CT molecular complexity index is 4040. The third kappa shape index (κ3) is 42.0. The summed E-state index contributed by atoms with van der Waals surface area (Å²) in [6.45, 7) is 17.3. The number of carbonyl (C=O) groups is 4. The summed E-state index contributed by atoms with van der Waals surface area (Å²) in [6.07, 6.45) is 8.49. The zero-order valence-corrected chi connectivity index (χ0v) is 61.8. The van der Waals surface area contributed by atoms with Crippen LogP contribution in [0.4, 0.5) is 40.3 Å². The predicted octanol–water partition coefficient (Wildman–Crippen LogP) is 11.3. The summed E-state index contributed by atoms with van der Waals surface area (Å²) in [4.78, 5) is 43.6. The lowest BCUT2D eigenvalue weighted by molar-refractivity contribution is -0.140. The molecule has 0 saturated carbocycles. The van der Waals surface area contributed by atoms with Gasteiger partial charge in [-0.2, -0.15) is 0 Å². The van der Waals surface area contributed by atoms with Gasteiger partial charge in [-0.05, 0) is 146 Å². The van der Waals surface area contributed by atoms with Gasteiger partial charge < -0.3 is 30.4 Å². The number of carbonyl (C=O) groups excluding carboxylic acids is 4. The van der Waals surface area contributed by atoms with Crippen molar-refractivity contribution >= 4 is 115 Å². The van der Waals surface area contributed by atoms with E-state index in [4.69, 9.17) is 10.8 Å². The molecule has 544 valence electrons. The Balaban J connectivity index is 0. The second kappa shape index (κ2) is 44.1. The highest BCUT2D eigenvalue weighted by Crippen LogP contribution is 2.25. The smallest absolute Gasteiger partial charge is 0.330 e. The molecule has 98 heavy (non-hydrogen) atoms. The van der Waals surface area contributed by atoms with Crippen molar-refractivity contribution in [2.75, 3.05) is 72.4 Å². The number of sulfonamides is 4. The SMILES string of the molecule is C.C=CC(=O)OC.CC(C)(C)c1ccc(CN)cc1.CC(C)(C)c1ccc(CNC(=O)CCc2ccc(NS(C)(=O)=O)c(F)c2)cc1.CO.COC(=O)/C=C/c1ccc(NS(C)(=O)=O)c(F)c1.COC(=O)CCc1ccc(NS(C)(=O)=O)c(F)c1.CS(=O)(=O)Nc1ccc(I)cc1F. The number of methoxy groups -OCH3 is 3. The van der Waals surface area contributed by atoms with Gasteiger partial charge in [-0.3, -0.25) is 28.5 Å². The first-order valence-electron chi connectivity index (χ1n) is 28.7. The molecule has 1 amide bonds. The van der Waals surface area contributed by atoms with E-state index in [2.05, 4.69) is 118 Å². The molecule has 0 aliphatic heterocycles. The summed E-state index contributed by atoms with van der Waals surface area (Å²) in [5, 5.41) is 9.86. The zero-order valence-electron chi connectivity index (χ0n) is 56.4. The molecule has 0 aliphatic rings. The van der Waals surface area contributed by atoms with Crippen LogP contribution in [0, 0.1) is 26.8 Å². The van der Waals surface area contributed by atoms with Gasteiger partial charge in [0.05, 0.1) is 69.1 Å². The molecule has 0 radical (unpaired) electrons. The number of ether oxygens (including phenoxy) is 3. The number of halogens is 5. The van der Waals surface area contributed by atoms with E-state index >= 15 is 0 Å². The number of hydrogen-bond donors (Lipinski definition) is 7. The molecule has 6 aromatic carbocycles. The summed E-state index contributed by atoms with van der Waals surface area (Å²) in [7, 11) is -9.15. The number of rotatable bonds is 20. The Hall–Kier alpha value is -7.95. The number of aliphatic hydroxyl groups excluding tert-OH is 1. The van der Waals surface area contributed by atoms with E-state index in [1.165, 1.54) is 92.6 Å². The minimum atomic E-state index is -3.54. The van der Waals surface area contributed by atoms with Gasteiger partial charge in [-0.1, -0.05) is 122 Å². The monoisotopic (exact) mass is 1570 g/mol. The Morgan fingerprint density at radius 3 is 1.17 bits per heavy atom. The van der Waals surface area contributed by atoms with Crippen molar-refractivity contribution in [1.29, 1.82) is 0 Å². The number of amides is 1. The highest BCUT2D eigenvalue weighted by molar-refractivity contribution is 14.1. The van der Waals surface area contributed by atoms with Gasteiger partial charge in [0.25, 0.3) is 0 Å². The molecule has 0 saturated heterocycles. The van der Waals surface area contributed by atoms with E-state index in [9.17, 15) is 70.4 Å². The number of aryl methyl sites for hydroxylation is 2. The highest BCUT2D eigenvalue weighted by Gasteiger charge is 2.16. The maximum atomic E-state index is 14.0. The molecule has 22 nitrogen and oxygen atoms in total. The van der Waals surface area contributed by atoms with Crippen LogP contribution in [-0.2, 0) is 110 Å². The van der Waals surface area contributed by atoms with E-state index in [-0.39, 0.29) is 65.7 Å². The first-order chi connectivity index (χ1) is 44.8. The van der Waals surface area contributed by atoms with E-state index in [1.807, 2.05) is 39.4 Å². The number of nitrogens with one attached hydrogen (secondary N) is 5. The Morgan fingerprint density at radius 1 is 0.510 bits per heavy atom. The second-order valence-corrected chi connectivity index (χ2v) is 30.8. The number of esters is 3. The van der Waals surface area contributed by atoms with Crippen LogP contribution in [0.1, 0.15) is 101 Å². The van der Waals surface area contributed by atoms with Gasteiger partial charge in [0.2, 0.25) is 46.0 Å². The fourth-order valence-corrected chi connectivity index (χ4v) is 9.87. The van der Waals surface area contributed by atoms with Crippen molar-refractivity contribution in [2.45, 2.75) is 98.6 Å². The fraction of sp³-hybridized carbons (Fsp3) is 0.343. The molecule has 0 heterocycles. The van der Waals surface area contributed by atoms with Crippen LogP contribution < -0.4 is 29.9 Å². The van der Waals surface area contributed by atoms with Crippen molar-refractivity contribution in [1.82, 2.24) is 5.32 Å². The lowest BCUT2D eigenvalue weighted by Gasteiger charge is -2.19. The minimum Gasteiger partial charge on any atom is -0.469 e. The normalized spacial score (nSPS) is 10.9. The van der Waals surface area contributed by atoms with Gasteiger partial charge in [0.15, 0.2) is 0 Å². The highest BCUT2D eigenvalue weighted by atomic mass is 127. The van der Waals surface area contributed by atoms with Crippen molar-refractivity contribution in [3.63, 3.8) is 0 Å². The van der Waals surface area contributed by atoms with E-state index in [1.54, 1.807) is 18.2 Å². The average molecular weight is 1570 g/mol. The first-order valence-corrected chi connectivity index (χ1v) is 37.3. The minimum absolute atomic E-state index is 0. The Labute approximate surface area is 589 Å². The standard InChI is InChI=1S/C21H27FN2O3S.C11H14FNO4S.C11H12FNO4S.C11H17N.C7H7FINO2S.C4H6O2.CH4O.CH4/c1-21(2,3)17-9-5-16(6-10-17)14-23-20(25)12-8-15-7-11-19(18(22)13-15)24-28(4,26)27;2*1-17-11(14)6-4-8-3-5-10(9(12)7-8)13-18(2,15)16;1-11(2,3)10-6-4-9(8-12)5-7-10;1-13(11,12)10-7-3-2-5(9)4-6(7)8;1-3-4(5)6-2;1-2;/h5-7,9-11,13,24H,8,12,14H2,1-4H3,(H,23,25);3,5,7,13H,4,6H2,1-2H3;3-7,13H,1-2H3;4-7H,8,12H2,1-3H3;2-4,10H,1H3;3H,1H2,2H3;2H,1H3;1H4/b;;6-4+;;;;;. The topological polar surface area (TPSA) is 339 Å². The van der Waals surface area contributed by atoms with E-state index in [0.29, 0.717) is 46.2 Å². The summed E-state index contributed by atoms with van der Waals surface area (Å²) in [6, 6.07) is 33.0. The molecule has 0 bridgehead atoms. The maximum Gasteiger partial charge on any atom is 0.330 e. The number of benzene rings is 6. The van der Waals surface area contributed by atoms with Crippen molar-refractivity contribution in [3.05, 3.63) is 206 Å². The van der Waals surface area contributed by atoms with Crippen molar-refractivity contribution in [3.8, 4) is 0 Å². The van der Waals surface area contributed by atoms with Crippen LogP contribution in [0.25, 0.3) is 6.08 Å². The molecule has 8 N–H and O–H groups in total. The molecule has 6 rings (SSSR count). The summed E-state index contributed by atoms with van der Waals surface area (Å²) < 4.78 is 164. The van der Waals surface area contributed by atoms with Crippen LogP contribution in [0.5, 0.6) is 0 Å². The van der Waals surface area contributed by atoms with Crippen LogP contribution in [0.15, 0.2) is 140 Å². The molecule has 0 aromatic heterocycles. The average Bonchev–Trinajstić information content (AvgIpc) is 0.917. The van der Waals surface area contributed by atoms with Crippen LogP contribution in [-0.4, -0.2) is 116 Å². The van der Waals surface area contributed by atoms with E-state index in [0.717, 1.165) is 55.9 Å². The molecule has 0 unspecified atom stereocenters. The number of anilines is 4. The Morgan fingerprint density at radius 2 is 0.857 bits per heavy atom. The quantitative estimate of drug-likeness (QED) is 0.0123. The molecule has 0 spiro atoms. The van der Waals surface area contributed by atoms with Gasteiger partial charge >= 0.3 is 17.9 Å². The van der Waals surface area contributed by atoms with E-state index < -0.39 is 75.3 Å². The fourth-order valence-electron chi connectivity index (χ4n) is 7.16. The van der Waals surface area contributed by atoms with Gasteiger partial charge in [-0.15, -0.1) is 0 Å². The molecular weight excluding hydrogens is 1480 g/mol. The molecular formula is C67H91F4IN6O16S4. The first kappa shape index (κ1) is 92.1. The van der Waals surface area contributed by atoms with Crippen molar-refractivity contribution in [2.24, 2.45) is 5.73 Å². The van der Waals surface area contributed by atoms with Crippen LogP contribution in [0.3, 0.4) is 0 Å². The molecule has 0 fully saturated rings. The van der Waals surface area contributed by atoms with Crippen LogP contribution >= 0.6 is 22.6 Å². The number of nitrogens with two attached hydrogens (primary N) is 1. The second-order valence-electron chi connectivity index (χ2n) is 22.5. The Kier molecular flexibility index (Phi) is 41.5. The van der Waals surface area contributed by atoms with Gasteiger partial charge in [-0.25, -0.2) is 60.8 Å². The number of hydrogen-bond acceptors (Lipinski definition) is 17. The summed E-state index contributed by atoms with van der Waals surface area (Å²) in [5.74, 6) is -4.11. The maximum absolute atomic E-state index is 14.0. The van der Waals surface area contributed by atoms with Crippen molar-refractivity contribution < 1.29 is 89.7 Å². The molecule has 0 atom stereocenters. The molecule has 0 aliphatic carbocycles.